The summed E-state index contributed by atoms with van der Waals surface area (Å²) in [6.07, 6.45) is -9.64. The molecule has 5 aliphatic carbocycles. The summed E-state index contributed by atoms with van der Waals surface area (Å²) in [4.78, 5) is 27.7. The van der Waals surface area contributed by atoms with E-state index in [1.165, 1.54) is 5.57 Å². The lowest BCUT2D eigenvalue weighted by atomic mass is 9.33. The van der Waals surface area contributed by atoms with Gasteiger partial charge in [0.1, 0.15) is 48.8 Å². The lowest BCUT2D eigenvalue weighted by Crippen LogP contribution is -2.66. The summed E-state index contributed by atoms with van der Waals surface area (Å²) >= 11 is 0. The predicted octanol–water partition coefficient (Wildman–Crippen LogP) is 3.40. The van der Waals surface area contributed by atoms with E-state index in [9.17, 15) is 50.4 Å². The van der Waals surface area contributed by atoms with Gasteiger partial charge in [-0.25, -0.2) is 0 Å². The number of rotatable bonds is 10. The maximum Gasteiger partial charge on any atom is 0.315 e. The highest BCUT2D eigenvalue weighted by Gasteiger charge is 2.70. The minimum absolute atomic E-state index is 0.00989. The number of fused-ring (bicyclic) bond motifs is 7. The van der Waals surface area contributed by atoms with E-state index in [0.29, 0.717) is 19.3 Å². The van der Waals surface area contributed by atoms with Crippen LogP contribution >= 0.6 is 0 Å². The van der Waals surface area contributed by atoms with Gasteiger partial charge in [-0.3, -0.25) is 9.59 Å². The Kier molecular flexibility index (Phi) is 14.8. The third-order valence-corrected chi connectivity index (χ3v) is 19.7. The van der Waals surface area contributed by atoms with E-state index in [1.54, 1.807) is 6.92 Å². The maximum absolute atomic E-state index is 15.0. The first-order valence-corrected chi connectivity index (χ1v) is 25.9. The van der Waals surface area contributed by atoms with Gasteiger partial charge in [-0.1, -0.05) is 74.0 Å². The molecule has 7 fully saturated rings. The molecular formula is C52H84O17. The number of aliphatic hydroxyl groups excluding tert-OH is 8. The average Bonchev–Trinajstić information content (AvgIpc) is 3.27. The van der Waals surface area contributed by atoms with Crippen LogP contribution in [0.25, 0.3) is 0 Å². The van der Waals surface area contributed by atoms with Crippen molar-refractivity contribution >= 4 is 11.9 Å². The van der Waals surface area contributed by atoms with Gasteiger partial charge in [-0.15, -0.1) is 0 Å². The number of carbonyl (C=O) groups is 2. The van der Waals surface area contributed by atoms with Crippen molar-refractivity contribution in [3.63, 3.8) is 0 Å². The van der Waals surface area contributed by atoms with Crippen LogP contribution in [0.4, 0.5) is 0 Å². The Morgan fingerprint density at radius 2 is 1.42 bits per heavy atom. The summed E-state index contributed by atoms with van der Waals surface area (Å²) in [5.41, 5.74) is -0.536. The highest BCUT2D eigenvalue weighted by Crippen LogP contribution is 2.76. The predicted molar refractivity (Wildman–Crippen MR) is 246 cm³/mol. The van der Waals surface area contributed by atoms with E-state index in [2.05, 4.69) is 54.5 Å². The smallest absolute Gasteiger partial charge is 0.315 e. The first kappa shape index (κ1) is 53.5. The molecule has 0 aromatic heterocycles. The standard InChI is InChI=1S/C52H84O17/c1-25(2)21-34(55)67-41-35(56)26(3)64-44(40(41)61)69-46(62)52-19-17-47(4,5)22-28(52)27-11-12-32-49(8)15-14-33(48(6,7)31(49)13-16-51(32,10)50(27,9)18-20-52)66-45-42(38(59)37(58)30(23-53)65-45)68-43-39(60)36(57)29(54)24-63-43/h11,25-26,28-33,35-45,53-54,56-61H,12-24H2,1-10H3. The largest absolute Gasteiger partial charge is 0.456 e. The van der Waals surface area contributed by atoms with Crippen molar-refractivity contribution in [1.29, 1.82) is 0 Å². The molecule has 69 heavy (non-hydrogen) atoms. The van der Waals surface area contributed by atoms with Crippen LogP contribution in [0.2, 0.25) is 0 Å². The SMILES string of the molecule is CC(C)CC(=O)OC1C(O)C(C)OC(OC(=O)C23CCC(C)(C)CC2C2=CCC4C5(C)CCC(OC6OC(CO)C(O)C(O)C6OC6OCC(O)C(O)C6O)C(C)(C)C5CCC4(C)C2(C)CC3)C1O. The number of allylic oxidation sites excluding steroid dienone is 2. The summed E-state index contributed by atoms with van der Waals surface area (Å²) in [6.45, 7) is 20.7. The second-order valence-corrected chi connectivity index (χ2v) is 25.1. The first-order chi connectivity index (χ1) is 32.2. The topological polar surface area (TPSA) is 261 Å². The van der Waals surface area contributed by atoms with E-state index < -0.39 is 121 Å². The van der Waals surface area contributed by atoms with Gasteiger partial charge in [-0.2, -0.15) is 0 Å². The fraction of sp³-hybridized carbons (Fsp3) is 0.923. The molecule has 3 saturated heterocycles. The van der Waals surface area contributed by atoms with Gasteiger partial charge in [0.05, 0.1) is 30.8 Å². The van der Waals surface area contributed by atoms with Gasteiger partial charge in [0.15, 0.2) is 24.8 Å². The molecule has 8 rings (SSSR count). The number of carbonyl (C=O) groups excluding carboxylic acids is 2. The Balaban J connectivity index is 1.03. The molecule has 0 radical (unpaired) electrons. The van der Waals surface area contributed by atoms with Crippen molar-refractivity contribution in [3.05, 3.63) is 11.6 Å². The molecule has 0 bridgehead atoms. The second kappa shape index (κ2) is 19.1. The van der Waals surface area contributed by atoms with Gasteiger partial charge in [0.25, 0.3) is 0 Å². The Bertz CT molecular complexity index is 1910. The molecule has 0 aromatic rings. The van der Waals surface area contributed by atoms with Crippen molar-refractivity contribution in [2.24, 2.45) is 56.2 Å². The molecule has 8 N–H and O–H groups in total. The quantitative estimate of drug-likeness (QED) is 0.0886. The fourth-order valence-corrected chi connectivity index (χ4v) is 15.3. The molecule has 3 aliphatic heterocycles. The summed E-state index contributed by atoms with van der Waals surface area (Å²) < 4.78 is 42.3. The van der Waals surface area contributed by atoms with Crippen LogP contribution in [0.3, 0.4) is 0 Å². The van der Waals surface area contributed by atoms with Crippen molar-refractivity contribution in [3.8, 4) is 0 Å². The molecule has 4 saturated carbocycles. The molecule has 22 atom stereocenters. The molecular weight excluding hydrogens is 897 g/mol. The first-order valence-electron chi connectivity index (χ1n) is 25.9. The van der Waals surface area contributed by atoms with Crippen LogP contribution in [-0.2, 0) is 42.7 Å². The molecule has 3 heterocycles. The van der Waals surface area contributed by atoms with Crippen molar-refractivity contribution in [2.45, 2.75) is 232 Å². The van der Waals surface area contributed by atoms with Crippen LogP contribution in [0.5, 0.6) is 0 Å². The van der Waals surface area contributed by atoms with Crippen LogP contribution in [0.1, 0.15) is 140 Å². The van der Waals surface area contributed by atoms with Gasteiger partial charge < -0.3 is 74.0 Å². The molecule has 0 spiro atoms. The summed E-state index contributed by atoms with van der Waals surface area (Å²) in [6, 6.07) is 0. The molecule has 394 valence electrons. The third-order valence-electron chi connectivity index (χ3n) is 19.7. The number of aliphatic hydroxyl groups is 8. The zero-order valence-electron chi connectivity index (χ0n) is 42.5. The molecule has 0 aromatic carbocycles. The maximum atomic E-state index is 15.0. The molecule has 0 amide bonds. The van der Waals surface area contributed by atoms with Crippen molar-refractivity contribution < 1.29 is 83.6 Å². The highest BCUT2D eigenvalue weighted by atomic mass is 16.8. The second-order valence-electron chi connectivity index (χ2n) is 25.1. The molecule has 8 aliphatic rings. The Morgan fingerprint density at radius 1 is 0.725 bits per heavy atom. The summed E-state index contributed by atoms with van der Waals surface area (Å²) in [5.74, 6) is -0.606. The van der Waals surface area contributed by atoms with Gasteiger partial charge in [-0.05, 0) is 122 Å². The van der Waals surface area contributed by atoms with Gasteiger partial charge in [0.2, 0.25) is 6.29 Å². The van der Waals surface area contributed by atoms with E-state index >= 15 is 0 Å². The van der Waals surface area contributed by atoms with Crippen LogP contribution in [0, 0.1) is 56.2 Å². The van der Waals surface area contributed by atoms with Crippen LogP contribution < -0.4 is 0 Å². The number of esters is 2. The minimum atomic E-state index is -1.66. The lowest BCUT2D eigenvalue weighted by Gasteiger charge is -2.71. The Hall–Kier alpha value is -1.84. The van der Waals surface area contributed by atoms with E-state index in [0.717, 1.165) is 44.9 Å². The summed E-state index contributed by atoms with van der Waals surface area (Å²) in [5, 5.41) is 85.9. The van der Waals surface area contributed by atoms with Gasteiger partial charge in [0, 0.05) is 6.42 Å². The monoisotopic (exact) mass is 981 g/mol. The van der Waals surface area contributed by atoms with E-state index in [-0.39, 0.29) is 58.4 Å². The molecule has 22 unspecified atom stereocenters. The van der Waals surface area contributed by atoms with Crippen molar-refractivity contribution in [1.82, 2.24) is 0 Å². The zero-order valence-corrected chi connectivity index (χ0v) is 42.5. The lowest BCUT2D eigenvalue weighted by molar-refractivity contribution is -0.370. The number of hydrogen-bond donors (Lipinski definition) is 8. The normalized spacial score (nSPS) is 50.4. The van der Waals surface area contributed by atoms with Crippen LogP contribution in [-0.4, -0.2) is 158 Å². The zero-order chi connectivity index (χ0) is 50.6. The molecule has 17 nitrogen and oxygen atoms in total. The average molecular weight is 981 g/mol. The molecule has 17 heteroatoms. The fourth-order valence-electron chi connectivity index (χ4n) is 15.3. The van der Waals surface area contributed by atoms with E-state index in [4.69, 9.17) is 33.2 Å². The Morgan fingerprint density at radius 3 is 2.10 bits per heavy atom. The van der Waals surface area contributed by atoms with E-state index in [1.807, 2.05) is 13.8 Å². The number of ether oxygens (including phenoxy) is 7. The Labute approximate surface area is 407 Å². The number of hydrogen-bond acceptors (Lipinski definition) is 17. The van der Waals surface area contributed by atoms with Crippen molar-refractivity contribution in [2.75, 3.05) is 13.2 Å². The third kappa shape index (κ3) is 8.98. The highest BCUT2D eigenvalue weighted by molar-refractivity contribution is 5.79. The van der Waals surface area contributed by atoms with Gasteiger partial charge >= 0.3 is 11.9 Å². The summed E-state index contributed by atoms with van der Waals surface area (Å²) in [7, 11) is 0. The minimum Gasteiger partial charge on any atom is -0.456 e. The van der Waals surface area contributed by atoms with Crippen LogP contribution in [0.15, 0.2) is 11.6 Å².